The quantitative estimate of drug-likeness (QED) is 0.527. The van der Waals surface area contributed by atoms with Gasteiger partial charge >= 0.3 is 0 Å². The first kappa shape index (κ1) is 15.7. The molecule has 0 aromatic carbocycles. The highest BCUT2D eigenvalue weighted by Gasteiger charge is 2.26. The van der Waals surface area contributed by atoms with Crippen LogP contribution in [0.1, 0.15) is 75.2 Å². The van der Waals surface area contributed by atoms with Gasteiger partial charge in [-0.3, -0.25) is 0 Å². The Morgan fingerprint density at radius 1 is 0.938 bits per heavy atom. The van der Waals surface area contributed by atoms with Crippen LogP contribution in [0.5, 0.6) is 0 Å². The van der Waals surface area contributed by atoms with Gasteiger partial charge in [-0.25, -0.2) is 0 Å². The second-order valence-electron chi connectivity index (χ2n) is 7.70. The highest BCUT2D eigenvalue weighted by molar-refractivity contribution is 5.13. The van der Waals surface area contributed by atoms with E-state index < -0.39 is 0 Å². The minimum atomic E-state index is 0.415. The van der Waals surface area contributed by atoms with Gasteiger partial charge in [0.05, 0.1) is 0 Å². The maximum atomic E-state index is 2.40. The van der Waals surface area contributed by atoms with Crippen molar-refractivity contribution >= 4 is 0 Å². The van der Waals surface area contributed by atoms with Crippen LogP contribution in [0.4, 0.5) is 0 Å². The molecule has 0 atom stereocenters. The van der Waals surface area contributed by atoms with E-state index in [1.54, 1.807) is 11.1 Å². The van der Waals surface area contributed by atoms with Crippen LogP contribution in [0.25, 0.3) is 0 Å². The van der Waals surface area contributed by atoms with Crippen molar-refractivity contribution in [3.8, 4) is 0 Å². The van der Waals surface area contributed by atoms with Gasteiger partial charge in [0.2, 0.25) is 0 Å². The molecule has 0 spiro atoms. The Labute approximate surface area is 104 Å². The summed E-state index contributed by atoms with van der Waals surface area (Å²) in [5, 5.41) is 0. The van der Waals surface area contributed by atoms with Crippen LogP contribution in [-0.4, -0.2) is 0 Å². The molecule has 0 radical (unpaired) electrons. The Kier molecular flexibility index (Phi) is 5.29. The molecule has 0 aliphatic carbocycles. The number of hydrogen-bond acceptors (Lipinski definition) is 0. The molecular formula is C16H32. The monoisotopic (exact) mass is 224 g/mol. The van der Waals surface area contributed by atoms with Crippen LogP contribution in [0, 0.1) is 16.7 Å². The zero-order valence-electron chi connectivity index (χ0n) is 13.0. The maximum absolute atomic E-state index is 2.40. The molecular weight excluding hydrogens is 192 g/mol. The van der Waals surface area contributed by atoms with Crippen molar-refractivity contribution < 1.29 is 0 Å². The van der Waals surface area contributed by atoms with Crippen molar-refractivity contribution in [2.75, 3.05) is 0 Å². The second-order valence-corrected chi connectivity index (χ2v) is 7.70. The molecule has 0 rings (SSSR count). The second kappa shape index (κ2) is 5.38. The van der Waals surface area contributed by atoms with Gasteiger partial charge in [0.1, 0.15) is 0 Å². The number of allylic oxidation sites excluding steroid dienone is 2. The van der Waals surface area contributed by atoms with Crippen molar-refractivity contribution in [2.24, 2.45) is 16.7 Å². The van der Waals surface area contributed by atoms with E-state index >= 15 is 0 Å². The molecule has 96 valence electrons. The SMILES string of the molecule is C/C(CC(C)(C)CC(C)(C)C)=C(/C)C(C)C. The van der Waals surface area contributed by atoms with Crippen molar-refractivity contribution in [3.05, 3.63) is 11.1 Å². The Morgan fingerprint density at radius 3 is 1.69 bits per heavy atom. The summed E-state index contributed by atoms with van der Waals surface area (Å²) in [6, 6.07) is 0. The van der Waals surface area contributed by atoms with E-state index in [-0.39, 0.29) is 0 Å². The molecule has 16 heavy (non-hydrogen) atoms. The minimum absolute atomic E-state index is 0.415. The van der Waals surface area contributed by atoms with E-state index in [4.69, 9.17) is 0 Å². The predicted octanol–water partition coefficient (Wildman–Crippen LogP) is 5.83. The van der Waals surface area contributed by atoms with E-state index in [0.29, 0.717) is 16.7 Å². The van der Waals surface area contributed by atoms with Crippen molar-refractivity contribution in [1.29, 1.82) is 0 Å². The zero-order valence-corrected chi connectivity index (χ0v) is 13.0. The molecule has 0 heterocycles. The molecule has 0 heteroatoms. The van der Waals surface area contributed by atoms with Crippen molar-refractivity contribution in [1.82, 2.24) is 0 Å². The fraction of sp³-hybridized carbons (Fsp3) is 0.875. The molecule has 0 saturated heterocycles. The lowest BCUT2D eigenvalue weighted by atomic mass is 9.72. The molecule has 0 aromatic rings. The van der Waals surface area contributed by atoms with Crippen molar-refractivity contribution in [3.63, 3.8) is 0 Å². The summed E-state index contributed by atoms with van der Waals surface area (Å²) in [5.41, 5.74) is 4.00. The Bertz CT molecular complexity index is 246. The standard InChI is InChI=1S/C16H32/c1-12(2)14(4)13(3)10-16(8,9)11-15(5,6)7/h12H,10-11H2,1-9H3/b14-13+. The average molecular weight is 224 g/mol. The molecule has 0 nitrogen and oxygen atoms in total. The van der Waals surface area contributed by atoms with Gasteiger partial charge < -0.3 is 0 Å². The average Bonchev–Trinajstić information content (AvgIpc) is 1.96. The Morgan fingerprint density at radius 2 is 1.38 bits per heavy atom. The Hall–Kier alpha value is -0.260. The number of hydrogen-bond donors (Lipinski definition) is 0. The van der Waals surface area contributed by atoms with E-state index in [2.05, 4.69) is 62.3 Å². The molecule has 0 unspecified atom stereocenters. The van der Waals surface area contributed by atoms with Gasteiger partial charge in [-0.05, 0) is 43.4 Å². The summed E-state index contributed by atoms with van der Waals surface area (Å²) < 4.78 is 0. The summed E-state index contributed by atoms with van der Waals surface area (Å²) in [7, 11) is 0. The summed E-state index contributed by atoms with van der Waals surface area (Å²) in [4.78, 5) is 0. The number of rotatable bonds is 4. The van der Waals surface area contributed by atoms with Crippen LogP contribution in [0.15, 0.2) is 11.1 Å². The Balaban J connectivity index is 4.66. The maximum Gasteiger partial charge on any atom is -0.0260 e. The van der Waals surface area contributed by atoms with E-state index in [9.17, 15) is 0 Å². The van der Waals surface area contributed by atoms with Crippen LogP contribution >= 0.6 is 0 Å². The fourth-order valence-corrected chi connectivity index (χ4v) is 2.85. The fourth-order valence-electron chi connectivity index (χ4n) is 2.85. The molecule has 0 aliphatic rings. The normalized spacial score (nSPS) is 15.4. The van der Waals surface area contributed by atoms with Crippen LogP contribution in [0.3, 0.4) is 0 Å². The third kappa shape index (κ3) is 6.35. The van der Waals surface area contributed by atoms with Gasteiger partial charge in [0.25, 0.3) is 0 Å². The van der Waals surface area contributed by atoms with Gasteiger partial charge in [0, 0.05) is 0 Å². The van der Waals surface area contributed by atoms with Gasteiger partial charge in [-0.2, -0.15) is 0 Å². The summed E-state index contributed by atoms with van der Waals surface area (Å²) in [6.07, 6.45) is 2.51. The highest BCUT2D eigenvalue weighted by Crippen LogP contribution is 2.38. The lowest BCUT2D eigenvalue weighted by Gasteiger charge is -2.33. The predicted molar refractivity (Wildman–Crippen MR) is 75.7 cm³/mol. The lowest BCUT2D eigenvalue weighted by Crippen LogP contribution is -2.21. The third-order valence-electron chi connectivity index (χ3n) is 3.29. The highest BCUT2D eigenvalue weighted by atomic mass is 14.3. The van der Waals surface area contributed by atoms with E-state index in [1.165, 1.54) is 12.8 Å². The molecule has 0 fully saturated rings. The van der Waals surface area contributed by atoms with Crippen molar-refractivity contribution in [2.45, 2.75) is 75.2 Å². The van der Waals surface area contributed by atoms with E-state index in [0.717, 1.165) is 0 Å². The van der Waals surface area contributed by atoms with Gasteiger partial charge in [-0.15, -0.1) is 0 Å². The first-order valence-corrected chi connectivity index (χ1v) is 6.61. The largest absolute Gasteiger partial charge is 0.0736 e. The molecule has 0 bridgehead atoms. The van der Waals surface area contributed by atoms with Gasteiger partial charge in [0.15, 0.2) is 0 Å². The van der Waals surface area contributed by atoms with Crippen LogP contribution in [0.2, 0.25) is 0 Å². The topological polar surface area (TPSA) is 0 Å². The smallest absolute Gasteiger partial charge is 0.0260 e. The van der Waals surface area contributed by atoms with E-state index in [1.807, 2.05) is 0 Å². The molecule has 0 aromatic heterocycles. The minimum Gasteiger partial charge on any atom is -0.0736 e. The lowest BCUT2D eigenvalue weighted by molar-refractivity contribution is 0.210. The first-order chi connectivity index (χ1) is 6.94. The molecule has 0 amide bonds. The summed E-state index contributed by atoms with van der Waals surface area (Å²) in [5.74, 6) is 0.686. The zero-order chi connectivity index (χ0) is 13.1. The molecule has 0 N–H and O–H groups in total. The third-order valence-corrected chi connectivity index (χ3v) is 3.29. The molecule has 0 aliphatic heterocycles. The van der Waals surface area contributed by atoms with Crippen LogP contribution in [-0.2, 0) is 0 Å². The molecule has 0 saturated carbocycles. The summed E-state index contributed by atoms with van der Waals surface area (Å²) >= 11 is 0. The first-order valence-electron chi connectivity index (χ1n) is 6.61. The van der Waals surface area contributed by atoms with Gasteiger partial charge in [-0.1, -0.05) is 59.6 Å². The summed E-state index contributed by atoms with van der Waals surface area (Å²) in [6.45, 7) is 21.0. The van der Waals surface area contributed by atoms with Crippen LogP contribution < -0.4 is 0 Å².